The first kappa shape index (κ1) is 33.4. The molecule has 44 heavy (non-hydrogen) atoms. The number of carbonyl (C=O) groups is 3. The van der Waals surface area contributed by atoms with Crippen molar-refractivity contribution in [2.75, 3.05) is 26.4 Å². The van der Waals surface area contributed by atoms with Gasteiger partial charge < -0.3 is 33.5 Å². The second kappa shape index (κ2) is 17.1. The number of aliphatic hydroxyl groups is 1. The molecule has 0 aromatic heterocycles. The van der Waals surface area contributed by atoms with E-state index in [0.717, 1.165) is 18.2 Å². The van der Waals surface area contributed by atoms with E-state index < -0.39 is 47.3 Å². The Morgan fingerprint density at radius 3 is 1.59 bits per heavy atom. The number of benzene rings is 3. The fraction of sp³-hybridized carbons (Fsp3) is 0.219. The number of rotatable bonds is 17. The monoisotopic (exact) mass is 612 g/mol. The number of hydrogen-bond acceptors (Lipinski definition) is 10. The van der Waals surface area contributed by atoms with Crippen molar-refractivity contribution in [2.24, 2.45) is 0 Å². The molecule has 0 aliphatic rings. The highest BCUT2D eigenvalue weighted by Gasteiger charge is 2.21. The first-order chi connectivity index (χ1) is 21.2. The lowest BCUT2D eigenvalue weighted by Crippen LogP contribution is -2.13. The van der Waals surface area contributed by atoms with Gasteiger partial charge in [-0.1, -0.05) is 13.2 Å². The number of hydrogen-bond donors (Lipinski definition) is 1. The van der Waals surface area contributed by atoms with Crippen molar-refractivity contribution < 1.29 is 56.7 Å². The van der Waals surface area contributed by atoms with Crippen molar-refractivity contribution in [3.8, 4) is 23.0 Å². The molecule has 0 fully saturated rings. The van der Waals surface area contributed by atoms with Crippen LogP contribution in [0.4, 0.5) is 8.78 Å². The van der Waals surface area contributed by atoms with Gasteiger partial charge in [-0.15, -0.1) is 0 Å². The summed E-state index contributed by atoms with van der Waals surface area (Å²) in [5.41, 5.74) is 0.0912. The molecule has 0 aliphatic carbocycles. The molecule has 1 unspecified atom stereocenters. The molecule has 0 spiro atoms. The van der Waals surface area contributed by atoms with Gasteiger partial charge in [0.1, 0.15) is 11.5 Å². The molecule has 10 nitrogen and oxygen atoms in total. The van der Waals surface area contributed by atoms with Crippen LogP contribution in [0.25, 0.3) is 0 Å². The van der Waals surface area contributed by atoms with Crippen molar-refractivity contribution in [1.82, 2.24) is 0 Å². The van der Waals surface area contributed by atoms with Gasteiger partial charge in [-0.3, -0.25) is 0 Å². The SMILES string of the molecule is C=CC(=O)OCCCOc1ccc(C(=O)Oc2ccc(OC(=O)c3ccc(OCCCOC(O)C=C)cc3)c(F)c2F)cc1. The molecule has 3 rings (SSSR count). The topological polar surface area (TPSA) is 127 Å². The van der Waals surface area contributed by atoms with E-state index in [2.05, 4.69) is 13.2 Å². The first-order valence-electron chi connectivity index (χ1n) is 13.3. The summed E-state index contributed by atoms with van der Waals surface area (Å²) in [6.45, 7) is 7.62. The molecular formula is C32H30F2O10. The number of ether oxygens (including phenoxy) is 6. The summed E-state index contributed by atoms with van der Waals surface area (Å²) >= 11 is 0. The van der Waals surface area contributed by atoms with Crippen molar-refractivity contribution in [3.05, 3.63) is 109 Å². The highest BCUT2D eigenvalue weighted by molar-refractivity contribution is 5.92. The Kier molecular flexibility index (Phi) is 13.0. The van der Waals surface area contributed by atoms with Crippen molar-refractivity contribution in [1.29, 1.82) is 0 Å². The van der Waals surface area contributed by atoms with E-state index in [-0.39, 0.29) is 37.6 Å². The van der Waals surface area contributed by atoms with Crippen molar-refractivity contribution >= 4 is 17.9 Å². The van der Waals surface area contributed by atoms with Gasteiger partial charge in [-0.2, -0.15) is 8.78 Å². The van der Waals surface area contributed by atoms with E-state index in [9.17, 15) is 28.3 Å². The zero-order valence-electron chi connectivity index (χ0n) is 23.5. The van der Waals surface area contributed by atoms with Gasteiger partial charge in [0.25, 0.3) is 0 Å². The van der Waals surface area contributed by atoms with Gasteiger partial charge >= 0.3 is 17.9 Å². The average molecular weight is 613 g/mol. The predicted molar refractivity (Wildman–Crippen MR) is 153 cm³/mol. The molecule has 0 saturated carbocycles. The minimum absolute atomic E-state index is 0.0415. The molecule has 3 aromatic carbocycles. The molecule has 0 aliphatic heterocycles. The molecule has 12 heteroatoms. The Morgan fingerprint density at radius 1 is 0.705 bits per heavy atom. The number of aliphatic hydroxyl groups excluding tert-OH is 1. The van der Waals surface area contributed by atoms with Crippen LogP contribution < -0.4 is 18.9 Å². The van der Waals surface area contributed by atoms with Crippen LogP contribution in [0.2, 0.25) is 0 Å². The van der Waals surface area contributed by atoms with E-state index in [0.29, 0.717) is 24.3 Å². The van der Waals surface area contributed by atoms with Gasteiger partial charge in [0.15, 0.2) is 17.8 Å². The third-order valence-electron chi connectivity index (χ3n) is 5.61. The number of halogens is 2. The smallest absolute Gasteiger partial charge is 0.343 e. The molecule has 3 aromatic rings. The van der Waals surface area contributed by atoms with Gasteiger partial charge in [-0.05, 0) is 66.7 Å². The normalized spacial score (nSPS) is 11.2. The summed E-state index contributed by atoms with van der Waals surface area (Å²) in [6, 6.07) is 13.4. The quantitative estimate of drug-likeness (QED) is 0.0543. The van der Waals surface area contributed by atoms with Crippen molar-refractivity contribution in [2.45, 2.75) is 19.1 Å². The largest absolute Gasteiger partial charge is 0.494 e. The lowest BCUT2D eigenvalue weighted by molar-refractivity contribution is -0.137. The Balaban J connectivity index is 1.49. The van der Waals surface area contributed by atoms with Gasteiger partial charge in [0, 0.05) is 18.9 Å². The summed E-state index contributed by atoms with van der Waals surface area (Å²) in [5, 5.41) is 9.24. The molecule has 1 N–H and O–H groups in total. The minimum atomic E-state index is -1.52. The summed E-state index contributed by atoms with van der Waals surface area (Å²) in [6.07, 6.45) is 2.19. The lowest BCUT2D eigenvalue weighted by Gasteiger charge is -2.11. The van der Waals surface area contributed by atoms with Crippen LogP contribution in [0.1, 0.15) is 33.6 Å². The molecule has 0 radical (unpaired) electrons. The van der Waals surface area contributed by atoms with Crippen LogP contribution in [-0.2, 0) is 14.3 Å². The molecule has 0 bridgehead atoms. The van der Waals surface area contributed by atoms with Crippen LogP contribution >= 0.6 is 0 Å². The third-order valence-corrected chi connectivity index (χ3v) is 5.61. The predicted octanol–water partition coefficient (Wildman–Crippen LogP) is 5.19. The summed E-state index contributed by atoms with van der Waals surface area (Å²) in [4.78, 5) is 35.9. The lowest BCUT2D eigenvalue weighted by atomic mass is 10.2. The maximum absolute atomic E-state index is 14.7. The Morgan fingerprint density at radius 2 is 1.16 bits per heavy atom. The fourth-order valence-corrected chi connectivity index (χ4v) is 3.37. The summed E-state index contributed by atoms with van der Waals surface area (Å²) < 4.78 is 60.2. The van der Waals surface area contributed by atoms with E-state index >= 15 is 0 Å². The van der Waals surface area contributed by atoms with E-state index in [4.69, 9.17) is 28.4 Å². The second-order valence-electron chi connectivity index (χ2n) is 8.79. The van der Waals surface area contributed by atoms with Crippen LogP contribution in [0.15, 0.2) is 86.0 Å². The van der Waals surface area contributed by atoms with Gasteiger partial charge in [0.2, 0.25) is 11.6 Å². The van der Waals surface area contributed by atoms with E-state index in [1.54, 1.807) is 0 Å². The Hall–Kier alpha value is -5.07. The standard InChI is InChI=1S/C32H30F2O10/c1-3-27(35)41-19-5-17-39-23-11-7-21(8-12-23)31(37)43-25-15-16-26(30(34)29(25)33)44-32(38)22-9-13-24(14-10-22)40-18-6-20-42-28(36)4-2/h3-4,7-16,27,35H,1-2,5-6,17-20H2. The Labute approximate surface area is 252 Å². The molecule has 0 saturated heterocycles. The van der Waals surface area contributed by atoms with Gasteiger partial charge in [0.05, 0.1) is 37.6 Å². The summed E-state index contributed by atoms with van der Waals surface area (Å²) in [7, 11) is 0. The Bertz CT molecular complexity index is 1440. The minimum Gasteiger partial charge on any atom is -0.494 e. The van der Waals surface area contributed by atoms with Crippen LogP contribution in [-0.4, -0.2) is 55.7 Å². The maximum atomic E-state index is 14.7. The van der Waals surface area contributed by atoms with Crippen LogP contribution in [0.3, 0.4) is 0 Å². The number of carbonyl (C=O) groups excluding carboxylic acids is 3. The van der Waals surface area contributed by atoms with Gasteiger partial charge in [-0.25, -0.2) is 14.4 Å². The second-order valence-corrected chi connectivity index (χ2v) is 8.79. The zero-order valence-corrected chi connectivity index (χ0v) is 23.5. The number of esters is 3. The zero-order chi connectivity index (χ0) is 31.9. The highest BCUT2D eigenvalue weighted by atomic mass is 19.2. The van der Waals surface area contributed by atoms with E-state index in [1.165, 1.54) is 54.6 Å². The molecular weight excluding hydrogens is 582 g/mol. The highest BCUT2D eigenvalue weighted by Crippen LogP contribution is 2.29. The maximum Gasteiger partial charge on any atom is 0.343 e. The van der Waals surface area contributed by atoms with E-state index in [1.807, 2.05) is 0 Å². The molecule has 0 heterocycles. The first-order valence-corrected chi connectivity index (χ1v) is 13.3. The third kappa shape index (κ3) is 10.3. The van der Waals surface area contributed by atoms with Crippen LogP contribution in [0.5, 0.6) is 23.0 Å². The molecule has 0 amide bonds. The fourth-order valence-electron chi connectivity index (χ4n) is 3.37. The summed E-state index contributed by atoms with van der Waals surface area (Å²) in [5.74, 6) is -6.01. The molecule has 1 atom stereocenters. The van der Waals surface area contributed by atoms with Crippen molar-refractivity contribution in [3.63, 3.8) is 0 Å². The average Bonchev–Trinajstić information content (AvgIpc) is 3.04. The molecule has 232 valence electrons. The van der Waals surface area contributed by atoms with Crippen LogP contribution in [0, 0.1) is 11.6 Å².